The van der Waals surface area contributed by atoms with Crippen molar-refractivity contribution in [1.29, 1.82) is 5.26 Å². The van der Waals surface area contributed by atoms with Crippen LogP contribution in [0.2, 0.25) is 0 Å². The number of nitrogens with zero attached hydrogens (tertiary/aromatic N) is 2. The van der Waals surface area contributed by atoms with Gasteiger partial charge in [-0.25, -0.2) is 4.79 Å². The fourth-order valence-corrected chi connectivity index (χ4v) is 8.79. The molecule has 5 aromatic carbocycles. The molecule has 53 heavy (non-hydrogen) atoms. The van der Waals surface area contributed by atoms with Gasteiger partial charge < -0.3 is 10.0 Å². The predicted molar refractivity (Wildman–Crippen MR) is 220 cm³/mol. The topological polar surface area (TPSA) is 64.3 Å². The van der Waals surface area contributed by atoms with Gasteiger partial charge in [-0.15, -0.1) is 11.3 Å². The van der Waals surface area contributed by atoms with Crippen molar-refractivity contribution in [2.75, 3.05) is 4.90 Å². The number of nitriles is 1. The van der Waals surface area contributed by atoms with Crippen molar-refractivity contribution in [3.05, 3.63) is 177 Å². The minimum Gasteiger partial charge on any atom is -0.477 e. The molecule has 0 radical (unpaired) electrons. The van der Waals surface area contributed by atoms with Gasteiger partial charge in [0.05, 0.1) is 0 Å². The summed E-state index contributed by atoms with van der Waals surface area (Å²) in [6, 6.07) is 45.9. The summed E-state index contributed by atoms with van der Waals surface area (Å²) in [5, 5.41) is 18.0. The molecule has 0 bridgehead atoms. The van der Waals surface area contributed by atoms with Gasteiger partial charge in [0.25, 0.3) is 0 Å². The molecule has 258 valence electrons. The SMILES string of the molecule is CC1(C)c2ccccc2-c2ccc(N(c3ccc(/C=C/c4ccc(/C=C/C=C(\C#N)C(=O)O)s4)cc3)c3ccc4c(c3)C(C)(C)c3ccccc3-4)cc21. The maximum atomic E-state index is 11.1. The Bertz CT molecular complexity index is 2450. The van der Waals surface area contributed by atoms with Gasteiger partial charge in [0.15, 0.2) is 0 Å². The summed E-state index contributed by atoms with van der Waals surface area (Å²) in [5.41, 5.74) is 14.5. The molecular formula is C48H38N2O2S. The van der Waals surface area contributed by atoms with Crippen molar-refractivity contribution in [3.8, 4) is 28.3 Å². The van der Waals surface area contributed by atoms with Crippen LogP contribution in [0, 0.1) is 11.3 Å². The molecule has 0 spiro atoms. The largest absolute Gasteiger partial charge is 0.477 e. The quantitative estimate of drug-likeness (QED) is 0.0972. The number of carbonyl (C=O) groups is 1. The van der Waals surface area contributed by atoms with Gasteiger partial charge in [0.2, 0.25) is 0 Å². The molecule has 1 N–H and O–H groups in total. The van der Waals surface area contributed by atoms with Crippen LogP contribution >= 0.6 is 11.3 Å². The van der Waals surface area contributed by atoms with E-state index in [9.17, 15) is 4.79 Å². The van der Waals surface area contributed by atoms with Crippen LogP contribution in [-0.2, 0) is 15.6 Å². The summed E-state index contributed by atoms with van der Waals surface area (Å²) >= 11 is 1.59. The third-order valence-electron chi connectivity index (χ3n) is 10.8. The van der Waals surface area contributed by atoms with Gasteiger partial charge in [-0.05, 0) is 117 Å². The van der Waals surface area contributed by atoms with Gasteiger partial charge >= 0.3 is 5.97 Å². The summed E-state index contributed by atoms with van der Waals surface area (Å²) in [5.74, 6) is -1.23. The van der Waals surface area contributed by atoms with Gasteiger partial charge in [-0.1, -0.05) is 113 Å². The van der Waals surface area contributed by atoms with Crippen LogP contribution in [0.25, 0.3) is 40.5 Å². The Hall–Kier alpha value is -6.22. The second-order valence-electron chi connectivity index (χ2n) is 14.7. The molecule has 8 rings (SSSR count). The zero-order valence-electron chi connectivity index (χ0n) is 30.1. The zero-order valence-corrected chi connectivity index (χ0v) is 30.9. The summed E-state index contributed by atoms with van der Waals surface area (Å²) < 4.78 is 0. The third-order valence-corrected chi connectivity index (χ3v) is 11.8. The first-order valence-corrected chi connectivity index (χ1v) is 18.6. The van der Waals surface area contributed by atoms with Crippen LogP contribution < -0.4 is 4.90 Å². The molecular weight excluding hydrogens is 669 g/mol. The van der Waals surface area contributed by atoms with Gasteiger partial charge in [-0.2, -0.15) is 5.26 Å². The summed E-state index contributed by atoms with van der Waals surface area (Å²) in [6.07, 6.45) is 8.91. The molecule has 4 nitrogen and oxygen atoms in total. The number of hydrogen-bond donors (Lipinski definition) is 1. The molecule has 0 atom stereocenters. The Kier molecular flexibility index (Phi) is 8.36. The molecule has 0 unspecified atom stereocenters. The van der Waals surface area contributed by atoms with Gasteiger partial charge in [-0.3, -0.25) is 0 Å². The molecule has 1 aromatic heterocycles. The van der Waals surface area contributed by atoms with E-state index in [-0.39, 0.29) is 16.4 Å². The van der Waals surface area contributed by atoms with Crippen molar-refractivity contribution in [1.82, 2.24) is 0 Å². The average Bonchev–Trinajstić information content (AvgIpc) is 3.79. The summed E-state index contributed by atoms with van der Waals surface area (Å²) in [7, 11) is 0. The van der Waals surface area contributed by atoms with Crippen LogP contribution in [0.4, 0.5) is 17.1 Å². The highest BCUT2D eigenvalue weighted by molar-refractivity contribution is 7.13. The summed E-state index contributed by atoms with van der Waals surface area (Å²) in [6.45, 7) is 9.32. The minimum atomic E-state index is -1.23. The van der Waals surface area contributed by atoms with Crippen LogP contribution in [-0.4, -0.2) is 11.1 Å². The number of carboxylic acids is 1. The fraction of sp³-hybridized carbons (Fsp3) is 0.125. The molecule has 2 aliphatic rings. The number of hydrogen-bond acceptors (Lipinski definition) is 4. The second kappa shape index (κ2) is 13.1. The Morgan fingerprint density at radius 3 is 1.64 bits per heavy atom. The number of thiophene rings is 1. The number of carboxylic acid groups (broad SMARTS) is 1. The summed E-state index contributed by atoms with van der Waals surface area (Å²) in [4.78, 5) is 15.5. The molecule has 2 aliphatic carbocycles. The lowest BCUT2D eigenvalue weighted by molar-refractivity contribution is -0.132. The van der Waals surface area contributed by atoms with E-state index >= 15 is 0 Å². The lowest BCUT2D eigenvalue weighted by Crippen LogP contribution is -2.18. The lowest BCUT2D eigenvalue weighted by Gasteiger charge is -2.29. The average molecular weight is 707 g/mol. The Morgan fingerprint density at radius 1 is 0.623 bits per heavy atom. The maximum Gasteiger partial charge on any atom is 0.346 e. The fourth-order valence-electron chi connectivity index (χ4n) is 7.97. The van der Waals surface area contributed by atoms with Gasteiger partial charge in [0.1, 0.15) is 11.6 Å². The number of rotatable bonds is 8. The highest BCUT2D eigenvalue weighted by Crippen LogP contribution is 2.53. The Balaban J connectivity index is 1.14. The molecule has 1 heterocycles. The van der Waals surface area contributed by atoms with E-state index < -0.39 is 5.97 Å². The number of allylic oxidation sites excluding steroid dienone is 2. The van der Waals surface area contributed by atoms with Crippen molar-refractivity contribution in [2.45, 2.75) is 38.5 Å². The molecule has 0 aliphatic heterocycles. The molecule has 0 fully saturated rings. The number of fused-ring (bicyclic) bond motifs is 6. The van der Waals surface area contributed by atoms with Crippen LogP contribution in [0.15, 0.2) is 139 Å². The van der Waals surface area contributed by atoms with Crippen LogP contribution in [0.5, 0.6) is 0 Å². The van der Waals surface area contributed by atoms with Gasteiger partial charge in [0, 0.05) is 37.6 Å². The molecule has 0 saturated carbocycles. The molecule has 0 amide bonds. The first-order chi connectivity index (χ1) is 25.6. The lowest BCUT2D eigenvalue weighted by atomic mass is 9.82. The van der Waals surface area contributed by atoms with Crippen LogP contribution in [0.3, 0.4) is 0 Å². The van der Waals surface area contributed by atoms with E-state index in [1.54, 1.807) is 23.5 Å². The van der Waals surface area contributed by atoms with Crippen molar-refractivity contribution < 1.29 is 9.90 Å². The first-order valence-electron chi connectivity index (χ1n) is 17.7. The van der Waals surface area contributed by atoms with Crippen molar-refractivity contribution in [2.24, 2.45) is 0 Å². The highest BCUT2D eigenvalue weighted by Gasteiger charge is 2.37. The smallest absolute Gasteiger partial charge is 0.346 e. The third kappa shape index (κ3) is 5.92. The van der Waals surface area contributed by atoms with Crippen molar-refractivity contribution >= 4 is 52.6 Å². The van der Waals surface area contributed by atoms with E-state index in [0.717, 1.165) is 32.4 Å². The Morgan fingerprint density at radius 2 is 1.11 bits per heavy atom. The van der Waals surface area contributed by atoms with E-state index in [4.69, 9.17) is 10.4 Å². The van der Waals surface area contributed by atoms with E-state index in [0.29, 0.717) is 0 Å². The predicted octanol–water partition coefficient (Wildman–Crippen LogP) is 12.5. The molecule has 0 saturated heterocycles. The van der Waals surface area contributed by atoms with E-state index in [1.807, 2.05) is 18.2 Å². The zero-order chi connectivity index (χ0) is 36.9. The second-order valence-corrected chi connectivity index (χ2v) is 15.8. The number of benzene rings is 5. The number of aliphatic carboxylic acids is 1. The van der Waals surface area contributed by atoms with E-state index in [2.05, 4.69) is 154 Å². The number of anilines is 3. The molecule has 6 aromatic rings. The Labute approximate surface area is 314 Å². The van der Waals surface area contributed by atoms with Crippen LogP contribution in [0.1, 0.15) is 65.3 Å². The van der Waals surface area contributed by atoms with Crippen molar-refractivity contribution in [3.63, 3.8) is 0 Å². The monoisotopic (exact) mass is 706 g/mol. The molecule has 5 heteroatoms. The highest BCUT2D eigenvalue weighted by atomic mass is 32.1. The minimum absolute atomic E-state index is 0.115. The van der Waals surface area contributed by atoms with E-state index in [1.165, 1.54) is 50.6 Å². The maximum absolute atomic E-state index is 11.1. The first kappa shape index (κ1) is 33.9. The normalized spacial score (nSPS) is 14.8. The standard InChI is InChI=1S/C48H38N2O2S/c1-47(2)42-14-7-5-12-38(42)40-26-21-34(28-44(40)47)50(35-22-27-41-39-13-6-8-15-43(39)48(3,4)45(41)29-35)33-19-16-31(17-20-33)18-23-37-25-24-36(53-37)11-9-10-32(30-49)46(51)52/h5-29H,1-4H3,(H,51,52)/b11-9+,23-18+,32-10+.